The molecular weight excluding hydrogens is 395 g/mol. The molecule has 1 aliphatic rings. The van der Waals surface area contributed by atoms with Crippen molar-refractivity contribution in [1.82, 2.24) is 30.0 Å². The van der Waals surface area contributed by atoms with Gasteiger partial charge in [0.25, 0.3) is 5.91 Å². The number of piperazine rings is 1. The fourth-order valence-electron chi connectivity index (χ4n) is 3.52. The molecule has 1 aliphatic heterocycles. The first-order chi connectivity index (χ1) is 14.0. The number of hydrogen-bond acceptors (Lipinski definition) is 5. The monoisotopic (exact) mass is 414 g/mol. The Morgan fingerprint density at radius 2 is 1.97 bits per heavy atom. The quantitative estimate of drug-likeness (QED) is 0.656. The molecule has 0 aliphatic carbocycles. The summed E-state index contributed by atoms with van der Waals surface area (Å²) in [6, 6.07) is 10.2. The first kappa shape index (κ1) is 19.5. The number of halogens is 2. The van der Waals surface area contributed by atoms with Crippen molar-refractivity contribution in [2.24, 2.45) is 0 Å². The van der Waals surface area contributed by atoms with E-state index in [2.05, 4.69) is 20.4 Å². The number of tetrazole rings is 1. The van der Waals surface area contributed by atoms with E-state index < -0.39 is 0 Å². The van der Waals surface area contributed by atoms with Crippen LogP contribution < -0.4 is 0 Å². The summed E-state index contributed by atoms with van der Waals surface area (Å²) in [7, 11) is 0. The molecule has 1 aromatic heterocycles. The zero-order valence-corrected chi connectivity index (χ0v) is 16.7. The Hall–Kier alpha value is -2.84. The van der Waals surface area contributed by atoms with Crippen molar-refractivity contribution in [1.29, 1.82) is 0 Å². The summed E-state index contributed by atoms with van der Waals surface area (Å²) in [6.07, 6.45) is 1.52. The molecule has 2 heterocycles. The van der Waals surface area contributed by atoms with Crippen LogP contribution in [0, 0.1) is 12.7 Å². The van der Waals surface area contributed by atoms with Crippen molar-refractivity contribution in [2.45, 2.75) is 13.5 Å². The lowest BCUT2D eigenvalue weighted by Gasteiger charge is -2.35. The van der Waals surface area contributed by atoms with Gasteiger partial charge in [0.2, 0.25) is 0 Å². The standard InChI is InChI=1S/C20H20ClFN6O/c1-14-11-15(5-6-19(14)28-13-23-24-25-28)20(29)27-9-7-26(8-10-27)12-16-17(21)3-2-4-18(16)22/h2-6,11,13H,7-10,12H2,1H3. The molecule has 29 heavy (non-hydrogen) atoms. The molecule has 9 heteroatoms. The third-order valence-electron chi connectivity index (χ3n) is 5.14. The predicted molar refractivity (Wildman–Crippen MR) is 106 cm³/mol. The first-order valence-electron chi connectivity index (χ1n) is 9.31. The Kier molecular flexibility index (Phi) is 5.55. The van der Waals surface area contributed by atoms with E-state index in [0.29, 0.717) is 48.9 Å². The van der Waals surface area contributed by atoms with E-state index >= 15 is 0 Å². The van der Waals surface area contributed by atoms with Crippen molar-refractivity contribution in [3.05, 3.63) is 70.3 Å². The SMILES string of the molecule is Cc1cc(C(=O)N2CCN(Cc3c(F)cccc3Cl)CC2)ccc1-n1cnnn1. The molecule has 3 aromatic rings. The summed E-state index contributed by atoms with van der Waals surface area (Å²) >= 11 is 6.13. The van der Waals surface area contributed by atoms with Gasteiger partial charge < -0.3 is 4.90 Å². The van der Waals surface area contributed by atoms with E-state index in [4.69, 9.17) is 11.6 Å². The molecule has 0 radical (unpaired) electrons. The molecule has 2 aromatic carbocycles. The van der Waals surface area contributed by atoms with Crippen molar-refractivity contribution >= 4 is 17.5 Å². The molecule has 0 atom stereocenters. The van der Waals surface area contributed by atoms with Gasteiger partial charge in [0.05, 0.1) is 5.69 Å². The Labute approximate surface area is 172 Å². The van der Waals surface area contributed by atoms with Crippen LogP contribution in [0.25, 0.3) is 5.69 Å². The average Bonchev–Trinajstić information content (AvgIpc) is 3.25. The molecule has 1 fully saturated rings. The predicted octanol–water partition coefficient (Wildman–Crippen LogP) is 2.72. The van der Waals surface area contributed by atoms with Crippen LogP contribution >= 0.6 is 11.6 Å². The number of benzene rings is 2. The highest BCUT2D eigenvalue weighted by atomic mass is 35.5. The van der Waals surface area contributed by atoms with Crippen LogP contribution in [0.3, 0.4) is 0 Å². The van der Waals surface area contributed by atoms with Crippen molar-refractivity contribution in [3.63, 3.8) is 0 Å². The van der Waals surface area contributed by atoms with Crippen LogP contribution in [0.1, 0.15) is 21.5 Å². The largest absolute Gasteiger partial charge is 0.336 e. The highest BCUT2D eigenvalue weighted by Gasteiger charge is 2.23. The minimum Gasteiger partial charge on any atom is -0.336 e. The Morgan fingerprint density at radius 1 is 1.17 bits per heavy atom. The third kappa shape index (κ3) is 4.13. The molecule has 1 saturated heterocycles. The zero-order chi connectivity index (χ0) is 20.4. The average molecular weight is 415 g/mol. The summed E-state index contributed by atoms with van der Waals surface area (Å²) in [5, 5.41) is 11.6. The second-order valence-corrected chi connectivity index (χ2v) is 7.43. The lowest BCUT2D eigenvalue weighted by molar-refractivity contribution is 0.0627. The summed E-state index contributed by atoms with van der Waals surface area (Å²) in [6.45, 7) is 4.85. The van der Waals surface area contributed by atoms with Gasteiger partial charge in [-0.2, -0.15) is 0 Å². The lowest BCUT2D eigenvalue weighted by Crippen LogP contribution is -2.48. The van der Waals surface area contributed by atoms with Gasteiger partial charge in [0, 0.05) is 48.9 Å². The van der Waals surface area contributed by atoms with Crippen LogP contribution in [0.4, 0.5) is 4.39 Å². The smallest absolute Gasteiger partial charge is 0.253 e. The Balaban J connectivity index is 1.40. The molecule has 0 saturated carbocycles. The number of nitrogens with zero attached hydrogens (tertiary/aromatic N) is 6. The number of rotatable bonds is 4. The van der Waals surface area contributed by atoms with Gasteiger partial charge in [-0.25, -0.2) is 9.07 Å². The van der Waals surface area contributed by atoms with Gasteiger partial charge in [-0.3, -0.25) is 9.69 Å². The van der Waals surface area contributed by atoms with Gasteiger partial charge in [-0.1, -0.05) is 17.7 Å². The van der Waals surface area contributed by atoms with Crippen LogP contribution in [0.2, 0.25) is 5.02 Å². The lowest BCUT2D eigenvalue weighted by atomic mass is 10.1. The highest BCUT2D eigenvalue weighted by Crippen LogP contribution is 2.22. The first-order valence-corrected chi connectivity index (χ1v) is 9.69. The maximum absolute atomic E-state index is 14.0. The van der Waals surface area contributed by atoms with Gasteiger partial charge in [-0.15, -0.1) is 5.10 Å². The maximum Gasteiger partial charge on any atom is 0.253 e. The van der Waals surface area contributed by atoms with Gasteiger partial charge >= 0.3 is 0 Å². The summed E-state index contributed by atoms with van der Waals surface area (Å²) < 4.78 is 15.6. The maximum atomic E-state index is 14.0. The van der Waals surface area contributed by atoms with E-state index in [1.54, 1.807) is 22.9 Å². The van der Waals surface area contributed by atoms with Crippen LogP contribution in [0.15, 0.2) is 42.7 Å². The van der Waals surface area contributed by atoms with Gasteiger partial charge in [0.1, 0.15) is 12.1 Å². The topological polar surface area (TPSA) is 67.2 Å². The number of hydrogen-bond donors (Lipinski definition) is 0. The molecule has 0 bridgehead atoms. The molecule has 0 N–H and O–H groups in total. The molecule has 1 amide bonds. The van der Waals surface area contributed by atoms with E-state index in [-0.39, 0.29) is 11.7 Å². The molecular formula is C20H20ClFN6O. The van der Waals surface area contributed by atoms with Crippen LogP contribution in [-0.2, 0) is 6.54 Å². The van der Waals surface area contributed by atoms with Crippen LogP contribution in [0.5, 0.6) is 0 Å². The Bertz CT molecular complexity index is 998. The molecule has 7 nitrogen and oxygen atoms in total. The van der Waals surface area contributed by atoms with Gasteiger partial charge in [0.15, 0.2) is 0 Å². The summed E-state index contributed by atoms with van der Waals surface area (Å²) in [4.78, 5) is 16.8. The van der Waals surface area contributed by atoms with Crippen molar-refractivity contribution in [2.75, 3.05) is 26.2 Å². The van der Waals surface area contributed by atoms with Crippen molar-refractivity contribution in [3.8, 4) is 5.69 Å². The number of aromatic nitrogens is 4. The Morgan fingerprint density at radius 3 is 2.62 bits per heavy atom. The second kappa shape index (κ2) is 8.26. The number of carbonyl (C=O) groups excluding carboxylic acids is 1. The second-order valence-electron chi connectivity index (χ2n) is 7.02. The normalized spacial score (nSPS) is 14.9. The molecule has 150 valence electrons. The van der Waals surface area contributed by atoms with E-state index in [9.17, 15) is 9.18 Å². The number of amides is 1. The van der Waals surface area contributed by atoms with Gasteiger partial charge in [-0.05, 0) is 53.2 Å². The zero-order valence-electron chi connectivity index (χ0n) is 15.9. The van der Waals surface area contributed by atoms with E-state index in [1.807, 2.05) is 24.0 Å². The fourth-order valence-corrected chi connectivity index (χ4v) is 3.74. The summed E-state index contributed by atoms with van der Waals surface area (Å²) in [5.74, 6) is -0.311. The number of carbonyl (C=O) groups is 1. The van der Waals surface area contributed by atoms with E-state index in [1.165, 1.54) is 12.4 Å². The minimum absolute atomic E-state index is 0.0139. The number of aryl methyl sites for hydroxylation is 1. The van der Waals surface area contributed by atoms with Crippen molar-refractivity contribution < 1.29 is 9.18 Å². The molecule has 4 rings (SSSR count). The fraction of sp³-hybridized carbons (Fsp3) is 0.300. The minimum atomic E-state index is -0.297. The summed E-state index contributed by atoms with van der Waals surface area (Å²) in [5.41, 5.74) is 2.88. The molecule has 0 unspecified atom stereocenters. The third-order valence-corrected chi connectivity index (χ3v) is 5.50. The molecule has 0 spiro atoms. The van der Waals surface area contributed by atoms with Crippen LogP contribution in [-0.4, -0.2) is 62.1 Å². The highest BCUT2D eigenvalue weighted by molar-refractivity contribution is 6.31. The van der Waals surface area contributed by atoms with E-state index in [0.717, 1.165) is 11.3 Å².